The number of β-amino-alcohol motifs (C(OH)–C–C–N with tert-alkyl or cyclic N) is 1. The van der Waals surface area contributed by atoms with E-state index in [9.17, 15) is 5.11 Å². The molecule has 6 heteroatoms. The summed E-state index contributed by atoms with van der Waals surface area (Å²) in [6.45, 7) is 3.70. The average Bonchev–Trinajstić information content (AvgIpc) is 2.72. The molecule has 3 rings (SSSR count). The number of nitrogens with zero attached hydrogens (tertiary/aromatic N) is 4. The van der Waals surface area contributed by atoms with Crippen LogP contribution in [0.25, 0.3) is 0 Å². The number of hydrogen-bond donors (Lipinski definition) is 2. The first kappa shape index (κ1) is 14.7. The summed E-state index contributed by atoms with van der Waals surface area (Å²) in [5, 5.41) is 10.3. The third kappa shape index (κ3) is 3.52. The van der Waals surface area contributed by atoms with Crippen molar-refractivity contribution in [2.75, 3.05) is 36.8 Å². The van der Waals surface area contributed by atoms with Gasteiger partial charge in [-0.05, 0) is 18.2 Å². The van der Waals surface area contributed by atoms with E-state index in [4.69, 9.17) is 5.73 Å². The van der Waals surface area contributed by atoms with Crippen molar-refractivity contribution < 1.29 is 5.11 Å². The Morgan fingerprint density at radius 3 is 2.73 bits per heavy atom. The molecule has 1 unspecified atom stereocenters. The third-order valence-electron chi connectivity index (χ3n) is 3.93. The summed E-state index contributed by atoms with van der Waals surface area (Å²) in [5.41, 5.74) is 8.01. The Kier molecular flexibility index (Phi) is 4.50. The summed E-state index contributed by atoms with van der Waals surface area (Å²) < 4.78 is 0. The Morgan fingerprint density at radius 2 is 1.95 bits per heavy atom. The number of aliphatic hydroxyl groups excluding tert-OH is 1. The van der Waals surface area contributed by atoms with E-state index in [1.807, 2.05) is 24.3 Å². The number of rotatable bonds is 3. The van der Waals surface area contributed by atoms with Gasteiger partial charge in [-0.25, -0.2) is 4.98 Å². The van der Waals surface area contributed by atoms with E-state index in [0.29, 0.717) is 25.5 Å². The summed E-state index contributed by atoms with van der Waals surface area (Å²) >= 11 is 0. The van der Waals surface area contributed by atoms with Gasteiger partial charge < -0.3 is 15.7 Å². The fraction of sp³-hybridized carbons (Fsp3) is 0.375. The SMILES string of the molecule is Nc1ncccc1CN1CCN(c2ccncc2)CC(O)C1. The van der Waals surface area contributed by atoms with Gasteiger partial charge in [0.05, 0.1) is 6.10 Å². The smallest absolute Gasteiger partial charge is 0.127 e. The van der Waals surface area contributed by atoms with E-state index in [1.54, 1.807) is 18.6 Å². The third-order valence-corrected chi connectivity index (χ3v) is 3.93. The first-order valence-corrected chi connectivity index (χ1v) is 7.47. The van der Waals surface area contributed by atoms with Gasteiger partial charge in [0.1, 0.15) is 5.82 Å². The lowest BCUT2D eigenvalue weighted by atomic mass is 10.2. The minimum Gasteiger partial charge on any atom is -0.390 e. The predicted octanol–water partition coefficient (Wildman–Crippen LogP) is 0.742. The number of aliphatic hydroxyl groups is 1. The highest BCUT2D eigenvalue weighted by Crippen LogP contribution is 2.17. The second-order valence-corrected chi connectivity index (χ2v) is 5.59. The lowest BCUT2D eigenvalue weighted by molar-refractivity contribution is 0.129. The number of hydrogen-bond acceptors (Lipinski definition) is 6. The monoisotopic (exact) mass is 299 g/mol. The lowest BCUT2D eigenvalue weighted by Crippen LogP contribution is -2.33. The van der Waals surface area contributed by atoms with E-state index in [0.717, 1.165) is 24.3 Å². The highest BCUT2D eigenvalue weighted by molar-refractivity contribution is 5.45. The van der Waals surface area contributed by atoms with Crippen molar-refractivity contribution >= 4 is 11.5 Å². The zero-order chi connectivity index (χ0) is 15.4. The van der Waals surface area contributed by atoms with Crippen LogP contribution in [0.1, 0.15) is 5.56 Å². The Labute approximate surface area is 130 Å². The van der Waals surface area contributed by atoms with Crippen LogP contribution in [0.15, 0.2) is 42.9 Å². The van der Waals surface area contributed by atoms with Crippen LogP contribution in [-0.2, 0) is 6.54 Å². The van der Waals surface area contributed by atoms with Gasteiger partial charge in [0, 0.05) is 62.6 Å². The van der Waals surface area contributed by atoms with Crippen molar-refractivity contribution in [1.82, 2.24) is 14.9 Å². The molecule has 116 valence electrons. The summed E-state index contributed by atoms with van der Waals surface area (Å²) in [4.78, 5) is 12.6. The number of nitrogen functional groups attached to an aromatic ring is 1. The topological polar surface area (TPSA) is 78.5 Å². The minimum absolute atomic E-state index is 0.395. The average molecular weight is 299 g/mol. The molecular formula is C16H21N5O. The molecule has 3 N–H and O–H groups in total. The number of anilines is 2. The molecule has 22 heavy (non-hydrogen) atoms. The molecule has 0 bridgehead atoms. The van der Waals surface area contributed by atoms with Gasteiger partial charge in [0.2, 0.25) is 0 Å². The van der Waals surface area contributed by atoms with Crippen LogP contribution in [0.4, 0.5) is 11.5 Å². The Hall–Kier alpha value is -2.18. The molecule has 0 spiro atoms. The molecule has 1 atom stereocenters. The molecule has 1 aliphatic heterocycles. The molecule has 1 saturated heterocycles. The van der Waals surface area contributed by atoms with Crippen LogP contribution >= 0.6 is 0 Å². The molecule has 2 aromatic rings. The van der Waals surface area contributed by atoms with Crippen LogP contribution in [-0.4, -0.2) is 52.3 Å². The van der Waals surface area contributed by atoms with Crippen molar-refractivity contribution in [3.63, 3.8) is 0 Å². The molecule has 1 aliphatic rings. The molecule has 0 aliphatic carbocycles. The van der Waals surface area contributed by atoms with Gasteiger partial charge in [-0.2, -0.15) is 0 Å². The van der Waals surface area contributed by atoms with Gasteiger partial charge in [0.15, 0.2) is 0 Å². The second-order valence-electron chi connectivity index (χ2n) is 5.59. The zero-order valence-corrected chi connectivity index (χ0v) is 12.5. The van der Waals surface area contributed by atoms with Crippen LogP contribution in [0.3, 0.4) is 0 Å². The molecule has 1 fully saturated rings. The molecule has 0 aromatic carbocycles. The standard InChI is InChI=1S/C16H21N5O/c17-16-13(2-1-5-19-16)10-20-8-9-21(12-15(22)11-20)14-3-6-18-7-4-14/h1-7,15,22H,8-12H2,(H2,17,19). The maximum Gasteiger partial charge on any atom is 0.127 e. The predicted molar refractivity (Wildman–Crippen MR) is 86.4 cm³/mol. The van der Waals surface area contributed by atoms with Crippen molar-refractivity contribution in [3.05, 3.63) is 48.4 Å². The fourth-order valence-electron chi connectivity index (χ4n) is 2.81. The highest BCUT2D eigenvalue weighted by atomic mass is 16.3. The summed E-state index contributed by atoms with van der Waals surface area (Å²) in [6, 6.07) is 7.83. The van der Waals surface area contributed by atoms with Crippen molar-refractivity contribution in [2.24, 2.45) is 0 Å². The number of aromatic nitrogens is 2. The first-order chi connectivity index (χ1) is 10.7. The molecule has 0 amide bonds. The second kappa shape index (κ2) is 6.72. The maximum absolute atomic E-state index is 10.3. The molecule has 2 aromatic heterocycles. The van der Waals surface area contributed by atoms with Crippen molar-refractivity contribution in [2.45, 2.75) is 12.6 Å². The van der Waals surface area contributed by atoms with E-state index in [-0.39, 0.29) is 0 Å². The molecule has 3 heterocycles. The van der Waals surface area contributed by atoms with Gasteiger partial charge >= 0.3 is 0 Å². The van der Waals surface area contributed by atoms with E-state index in [1.165, 1.54) is 0 Å². The summed E-state index contributed by atoms with van der Waals surface area (Å²) in [5.74, 6) is 0.562. The Balaban J connectivity index is 1.68. The maximum atomic E-state index is 10.3. The van der Waals surface area contributed by atoms with Crippen molar-refractivity contribution in [3.8, 4) is 0 Å². The molecular weight excluding hydrogens is 278 g/mol. The van der Waals surface area contributed by atoms with Gasteiger partial charge in [-0.1, -0.05) is 6.07 Å². The van der Waals surface area contributed by atoms with Crippen LogP contribution < -0.4 is 10.6 Å². The first-order valence-electron chi connectivity index (χ1n) is 7.47. The Bertz CT molecular complexity index is 606. The molecule has 0 saturated carbocycles. The van der Waals surface area contributed by atoms with Crippen LogP contribution in [0.5, 0.6) is 0 Å². The van der Waals surface area contributed by atoms with Gasteiger partial charge in [0.25, 0.3) is 0 Å². The molecule has 6 nitrogen and oxygen atoms in total. The highest BCUT2D eigenvalue weighted by Gasteiger charge is 2.22. The van der Waals surface area contributed by atoms with Crippen molar-refractivity contribution in [1.29, 1.82) is 0 Å². The van der Waals surface area contributed by atoms with Crippen LogP contribution in [0.2, 0.25) is 0 Å². The fourth-order valence-corrected chi connectivity index (χ4v) is 2.81. The number of pyridine rings is 2. The van der Waals surface area contributed by atoms with Gasteiger partial charge in [-0.15, -0.1) is 0 Å². The zero-order valence-electron chi connectivity index (χ0n) is 12.5. The minimum atomic E-state index is -0.395. The normalized spacial score (nSPS) is 19.9. The molecule has 0 radical (unpaired) electrons. The van der Waals surface area contributed by atoms with Crippen LogP contribution in [0, 0.1) is 0 Å². The largest absolute Gasteiger partial charge is 0.390 e. The number of nitrogens with two attached hydrogens (primary N) is 1. The van der Waals surface area contributed by atoms with E-state index >= 15 is 0 Å². The summed E-state index contributed by atoms with van der Waals surface area (Å²) in [6.07, 6.45) is 4.86. The van der Waals surface area contributed by atoms with E-state index in [2.05, 4.69) is 19.8 Å². The summed E-state index contributed by atoms with van der Waals surface area (Å²) in [7, 11) is 0. The quantitative estimate of drug-likeness (QED) is 0.870. The lowest BCUT2D eigenvalue weighted by Gasteiger charge is -2.23. The Morgan fingerprint density at radius 1 is 1.14 bits per heavy atom. The van der Waals surface area contributed by atoms with E-state index < -0.39 is 6.10 Å². The van der Waals surface area contributed by atoms with Gasteiger partial charge in [-0.3, -0.25) is 9.88 Å².